The van der Waals surface area contributed by atoms with Gasteiger partial charge in [0.25, 0.3) is 0 Å². The van der Waals surface area contributed by atoms with Crippen LogP contribution in [0, 0.1) is 0 Å². The highest BCUT2D eigenvalue weighted by Gasteiger charge is 2.28. The standard InChI is InChI=1S/C18H28F3N3O2.HI/c1-3-22-17(23-11-5-6-12-25-4-2)24-13-15-7-9-16(10-8-15)26-14-18(19,20)21;/h7-10H,3-6,11-14H2,1-2H3,(H2,22,23,24);1H. The third-order valence-electron chi connectivity index (χ3n) is 3.30. The van der Waals surface area contributed by atoms with Gasteiger partial charge in [-0.05, 0) is 44.4 Å². The Balaban J connectivity index is 0.00000676. The van der Waals surface area contributed by atoms with Crippen LogP contribution < -0.4 is 15.4 Å². The van der Waals surface area contributed by atoms with E-state index in [0.29, 0.717) is 12.5 Å². The molecule has 1 aromatic rings. The lowest BCUT2D eigenvalue weighted by atomic mass is 10.2. The molecule has 0 aliphatic rings. The molecule has 27 heavy (non-hydrogen) atoms. The minimum Gasteiger partial charge on any atom is -0.484 e. The third-order valence-corrected chi connectivity index (χ3v) is 3.30. The number of alkyl halides is 3. The summed E-state index contributed by atoms with van der Waals surface area (Å²) in [5.74, 6) is 0.899. The van der Waals surface area contributed by atoms with E-state index in [1.807, 2.05) is 13.8 Å². The average Bonchev–Trinajstić information content (AvgIpc) is 2.61. The molecule has 156 valence electrons. The van der Waals surface area contributed by atoms with Gasteiger partial charge in [0.15, 0.2) is 12.6 Å². The summed E-state index contributed by atoms with van der Waals surface area (Å²) in [7, 11) is 0. The molecule has 2 N–H and O–H groups in total. The number of hydrogen-bond acceptors (Lipinski definition) is 3. The van der Waals surface area contributed by atoms with Crippen molar-refractivity contribution in [1.82, 2.24) is 10.6 Å². The molecule has 0 aliphatic carbocycles. The number of benzene rings is 1. The van der Waals surface area contributed by atoms with E-state index in [4.69, 9.17) is 4.74 Å². The summed E-state index contributed by atoms with van der Waals surface area (Å²) < 4.78 is 46.4. The second-order valence-electron chi connectivity index (χ2n) is 5.57. The summed E-state index contributed by atoms with van der Waals surface area (Å²) in [6.45, 7) is 6.13. The number of unbranched alkanes of at least 4 members (excludes halogenated alkanes) is 1. The fraction of sp³-hybridized carbons (Fsp3) is 0.611. The molecule has 0 saturated carbocycles. The van der Waals surface area contributed by atoms with E-state index in [0.717, 1.165) is 44.7 Å². The van der Waals surface area contributed by atoms with Crippen molar-refractivity contribution in [2.75, 3.05) is 32.9 Å². The average molecular weight is 503 g/mol. The molecule has 0 unspecified atom stereocenters. The van der Waals surface area contributed by atoms with Crippen molar-refractivity contribution in [2.24, 2.45) is 4.99 Å². The van der Waals surface area contributed by atoms with Crippen LogP contribution in [0.3, 0.4) is 0 Å². The molecule has 9 heteroatoms. The monoisotopic (exact) mass is 503 g/mol. The van der Waals surface area contributed by atoms with E-state index in [-0.39, 0.29) is 29.7 Å². The van der Waals surface area contributed by atoms with Crippen LogP contribution in [0.4, 0.5) is 13.2 Å². The van der Waals surface area contributed by atoms with Crippen molar-refractivity contribution in [3.63, 3.8) is 0 Å². The lowest BCUT2D eigenvalue weighted by Gasteiger charge is -2.12. The molecule has 1 aromatic carbocycles. The SMILES string of the molecule is CCNC(=NCc1ccc(OCC(F)(F)F)cc1)NCCCCOCC.I. The van der Waals surface area contributed by atoms with Gasteiger partial charge >= 0.3 is 6.18 Å². The first kappa shape index (κ1) is 25.8. The molecule has 0 heterocycles. The van der Waals surface area contributed by atoms with Crippen molar-refractivity contribution < 1.29 is 22.6 Å². The minimum absolute atomic E-state index is 0. The fourth-order valence-electron chi connectivity index (χ4n) is 2.05. The van der Waals surface area contributed by atoms with Crippen molar-refractivity contribution >= 4 is 29.9 Å². The molecular weight excluding hydrogens is 474 g/mol. The molecule has 0 bridgehead atoms. The smallest absolute Gasteiger partial charge is 0.422 e. The molecule has 0 fully saturated rings. The van der Waals surface area contributed by atoms with Crippen molar-refractivity contribution in [3.05, 3.63) is 29.8 Å². The molecule has 0 saturated heterocycles. The van der Waals surface area contributed by atoms with Crippen LogP contribution in [0.25, 0.3) is 0 Å². The number of rotatable bonds is 11. The Morgan fingerprint density at radius 3 is 2.37 bits per heavy atom. The highest BCUT2D eigenvalue weighted by Crippen LogP contribution is 2.19. The normalized spacial score (nSPS) is 11.7. The zero-order valence-corrected chi connectivity index (χ0v) is 18.1. The summed E-state index contributed by atoms with van der Waals surface area (Å²) in [5.41, 5.74) is 0.887. The lowest BCUT2D eigenvalue weighted by Crippen LogP contribution is -2.37. The molecule has 0 aromatic heterocycles. The van der Waals surface area contributed by atoms with Crippen LogP contribution in [0.2, 0.25) is 0 Å². The molecule has 0 atom stereocenters. The lowest BCUT2D eigenvalue weighted by molar-refractivity contribution is -0.153. The topological polar surface area (TPSA) is 54.9 Å². The maximum Gasteiger partial charge on any atom is 0.422 e. The summed E-state index contributed by atoms with van der Waals surface area (Å²) in [6, 6.07) is 6.46. The summed E-state index contributed by atoms with van der Waals surface area (Å²) in [6.07, 6.45) is -2.37. The molecule has 0 amide bonds. The Morgan fingerprint density at radius 1 is 1.07 bits per heavy atom. The van der Waals surface area contributed by atoms with E-state index in [1.165, 1.54) is 12.1 Å². The van der Waals surface area contributed by atoms with Gasteiger partial charge in [0.1, 0.15) is 5.75 Å². The summed E-state index contributed by atoms with van der Waals surface area (Å²) in [4.78, 5) is 4.47. The largest absolute Gasteiger partial charge is 0.484 e. The molecule has 5 nitrogen and oxygen atoms in total. The Bertz CT molecular complexity index is 526. The zero-order valence-electron chi connectivity index (χ0n) is 15.8. The molecule has 0 radical (unpaired) electrons. The Kier molecular flexibility index (Phi) is 14.1. The van der Waals surface area contributed by atoms with Crippen LogP contribution in [0.5, 0.6) is 5.75 Å². The highest BCUT2D eigenvalue weighted by molar-refractivity contribution is 14.0. The predicted molar refractivity (Wildman–Crippen MR) is 112 cm³/mol. The number of nitrogens with zero attached hydrogens (tertiary/aromatic N) is 1. The third kappa shape index (κ3) is 13.6. The second-order valence-corrected chi connectivity index (χ2v) is 5.57. The molecule has 1 rings (SSSR count). The van der Waals surface area contributed by atoms with E-state index in [2.05, 4.69) is 20.4 Å². The number of nitrogens with one attached hydrogen (secondary N) is 2. The first-order valence-corrected chi connectivity index (χ1v) is 8.83. The van der Waals surface area contributed by atoms with Gasteiger partial charge in [-0.3, -0.25) is 0 Å². The number of guanidine groups is 1. The van der Waals surface area contributed by atoms with Crippen LogP contribution in [0.15, 0.2) is 29.3 Å². The quantitative estimate of drug-likeness (QED) is 0.207. The second kappa shape index (κ2) is 14.8. The van der Waals surface area contributed by atoms with Gasteiger partial charge in [0, 0.05) is 26.3 Å². The number of ether oxygens (including phenoxy) is 2. The maximum absolute atomic E-state index is 12.1. The van der Waals surface area contributed by atoms with E-state index >= 15 is 0 Å². The maximum atomic E-state index is 12.1. The van der Waals surface area contributed by atoms with Crippen molar-refractivity contribution in [1.29, 1.82) is 0 Å². The number of aliphatic imine (C=N–C) groups is 1. The Morgan fingerprint density at radius 2 is 1.78 bits per heavy atom. The van der Waals surface area contributed by atoms with E-state index in [1.54, 1.807) is 12.1 Å². The van der Waals surface area contributed by atoms with Crippen LogP contribution >= 0.6 is 24.0 Å². The zero-order chi connectivity index (χ0) is 19.3. The van der Waals surface area contributed by atoms with Gasteiger partial charge in [-0.1, -0.05) is 12.1 Å². The summed E-state index contributed by atoms with van der Waals surface area (Å²) in [5, 5.41) is 6.41. The van der Waals surface area contributed by atoms with Crippen LogP contribution in [-0.4, -0.2) is 45.0 Å². The van der Waals surface area contributed by atoms with Gasteiger partial charge in [-0.2, -0.15) is 13.2 Å². The van der Waals surface area contributed by atoms with Crippen molar-refractivity contribution in [2.45, 2.75) is 39.4 Å². The van der Waals surface area contributed by atoms with E-state index in [9.17, 15) is 13.2 Å². The number of halogens is 4. The highest BCUT2D eigenvalue weighted by atomic mass is 127. The minimum atomic E-state index is -4.34. The van der Waals surface area contributed by atoms with Crippen LogP contribution in [0.1, 0.15) is 32.3 Å². The Hall–Kier alpha value is -1.23. The summed E-state index contributed by atoms with van der Waals surface area (Å²) >= 11 is 0. The number of hydrogen-bond donors (Lipinski definition) is 2. The predicted octanol–water partition coefficient (Wildman–Crippen LogP) is 4.12. The molecule has 0 spiro atoms. The Labute approximate surface area is 176 Å². The molecule has 0 aliphatic heterocycles. The first-order chi connectivity index (χ1) is 12.4. The van der Waals surface area contributed by atoms with E-state index < -0.39 is 12.8 Å². The van der Waals surface area contributed by atoms with Crippen molar-refractivity contribution in [3.8, 4) is 5.75 Å². The van der Waals surface area contributed by atoms with Gasteiger partial charge < -0.3 is 20.1 Å². The fourth-order valence-corrected chi connectivity index (χ4v) is 2.05. The molecular formula is C18H29F3IN3O2. The van der Waals surface area contributed by atoms with Crippen LogP contribution in [-0.2, 0) is 11.3 Å². The van der Waals surface area contributed by atoms with Gasteiger partial charge in [-0.15, -0.1) is 24.0 Å². The first-order valence-electron chi connectivity index (χ1n) is 8.83. The van der Waals surface area contributed by atoms with Gasteiger partial charge in [0.2, 0.25) is 0 Å². The van der Waals surface area contributed by atoms with Gasteiger partial charge in [0.05, 0.1) is 6.54 Å². The van der Waals surface area contributed by atoms with Gasteiger partial charge in [-0.25, -0.2) is 4.99 Å².